The van der Waals surface area contributed by atoms with Crippen LogP contribution < -0.4 is 0 Å². The highest BCUT2D eigenvalue weighted by molar-refractivity contribution is 5.69. The summed E-state index contributed by atoms with van der Waals surface area (Å²) >= 11 is 0. The molecule has 0 spiro atoms. The van der Waals surface area contributed by atoms with Crippen LogP contribution in [0.2, 0.25) is 0 Å². The molecule has 0 aliphatic heterocycles. The van der Waals surface area contributed by atoms with Gasteiger partial charge in [0.2, 0.25) is 0 Å². The molecule has 27 heavy (non-hydrogen) atoms. The number of carbonyl (C=O) groups is 1. The summed E-state index contributed by atoms with van der Waals surface area (Å²) in [5.41, 5.74) is 0.906. The summed E-state index contributed by atoms with van der Waals surface area (Å²) < 4.78 is 5.76. The van der Waals surface area contributed by atoms with Gasteiger partial charge in [0.1, 0.15) is 5.76 Å². The normalized spacial score (nSPS) is 21.3. The predicted molar refractivity (Wildman–Crippen MR) is 109 cm³/mol. The first-order chi connectivity index (χ1) is 12.7. The third-order valence-corrected chi connectivity index (χ3v) is 5.50. The zero-order valence-corrected chi connectivity index (χ0v) is 17.6. The summed E-state index contributed by atoms with van der Waals surface area (Å²) in [5, 5.41) is 11.0. The van der Waals surface area contributed by atoms with Gasteiger partial charge in [0, 0.05) is 24.4 Å². The largest absolute Gasteiger partial charge is 0.415 e. The summed E-state index contributed by atoms with van der Waals surface area (Å²) in [5.74, 6) is 1.43. The number of amides is 1. The first-order valence-electron chi connectivity index (χ1n) is 10.2. The Balaban J connectivity index is 2.23. The van der Waals surface area contributed by atoms with E-state index in [0.717, 1.165) is 18.4 Å². The van der Waals surface area contributed by atoms with Crippen molar-refractivity contribution in [3.05, 3.63) is 47.7 Å². The maximum Gasteiger partial charge on any atom is 0.415 e. The number of benzene rings is 1. The molecule has 0 bridgehead atoms. The molecule has 3 atom stereocenters. The molecular weight excluding hydrogens is 338 g/mol. The third-order valence-electron chi connectivity index (χ3n) is 5.50. The summed E-state index contributed by atoms with van der Waals surface area (Å²) in [6.07, 6.45) is 2.73. The van der Waals surface area contributed by atoms with Gasteiger partial charge in [-0.25, -0.2) is 4.79 Å². The van der Waals surface area contributed by atoms with Crippen molar-refractivity contribution in [2.45, 2.75) is 72.6 Å². The monoisotopic (exact) mass is 373 g/mol. The molecule has 0 radical (unpaired) electrons. The van der Waals surface area contributed by atoms with Crippen molar-refractivity contribution >= 4 is 6.09 Å². The Hall–Kier alpha value is -1.81. The summed E-state index contributed by atoms with van der Waals surface area (Å²) in [6.45, 7) is 12.4. The number of aliphatic hydroxyl groups is 1. The minimum absolute atomic E-state index is 0.0597. The lowest BCUT2D eigenvalue weighted by molar-refractivity contribution is 0.0593. The van der Waals surface area contributed by atoms with Crippen LogP contribution in [0, 0.1) is 17.8 Å². The predicted octanol–water partition coefficient (Wildman–Crippen LogP) is 5.54. The van der Waals surface area contributed by atoms with E-state index in [2.05, 4.69) is 13.8 Å². The van der Waals surface area contributed by atoms with Crippen LogP contribution in [0.3, 0.4) is 0 Å². The summed E-state index contributed by atoms with van der Waals surface area (Å²) in [6, 6.07) is 9.91. The number of ether oxygens (including phenoxy) is 1. The van der Waals surface area contributed by atoms with Gasteiger partial charge in [0.05, 0.1) is 6.10 Å². The maximum atomic E-state index is 12.7. The molecule has 4 heteroatoms. The molecule has 1 N–H and O–H groups in total. The highest BCUT2D eigenvalue weighted by Crippen LogP contribution is 2.41. The number of rotatable bonds is 6. The van der Waals surface area contributed by atoms with Crippen molar-refractivity contribution in [2.24, 2.45) is 17.8 Å². The maximum absolute atomic E-state index is 12.7. The average molecular weight is 374 g/mol. The van der Waals surface area contributed by atoms with Crippen molar-refractivity contribution in [3.63, 3.8) is 0 Å². The fraction of sp³-hybridized carbons (Fsp3) is 0.609. The molecule has 0 unspecified atom stereocenters. The molecular formula is C23H35NO3. The molecule has 2 rings (SSSR count). The molecule has 1 aromatic carbocycles. The Kier molecular flexibility index (Phi) is 7.49. The smallest absolute Gasteiger partial charge is 0.415 e. The molecule has 1 aliphatic carbocycles. The van der Waals surface area contributed by atoms with Crippen LogP contribution in [0.1, 0.15) is 66.1 Å². The highest BCUT2D eigenvalue weighted by atomic mass is 16.6. The molecule has 4 nitrogen and oxygen atoms in total. The van der Waals surface area contributed by atoms with Crippen LogP contribution in [0.25, 0.3) is 0 Å². The van der Waals surface area contributed by atoms with Gasteiger partial charge < -0.3 is 14.7 Å². The van der Waals surface area contributed by atoms with Crippen molar-refractivity contribution in [1.29, 1.82) is 0 Å². The number of nitrogens with zero attached hydrogens (tertiary/aromatic N) is 1. The van der Waals surface area contributed by atoms with Crippen LogP contribution in [0.15, 0.2) is 42.2 Å². The van der Waals surface area contributed by atoms with Crippen LogP contribution in [0.5, 0.6) is 0 Å². The lowest BCUT2D eigenvalue weighted by atomic mass is 9.72. The lowest BCUT2D eigenvalue weighted by Crippen LogP contribution is -2.42. The van der Waals surface area contributed by atoms with E-state index in [1.807, 2.05) is 64.1 Å². The van der Waals surface area contributed by atoms with Gasteiger partial charge in [-0.05, 0) is 57.6 Å². The van der Waals surface area contributed by atoms with E-state index in [9.17, 15) is 9.90 Å². The lowest BCUT2D eigenvalue weighted by Gasteiger charge is -2.36. The van der Waals surface area contributed by atoms with Gasteiger partial charge >= 0.3 is 6.09 Å². The SMILES string of the molecule is CC(C)[C@H]1CCC(OC(=O)N(C(C)C)C(C)C)=C[C@@H]1[C@@H](O)c1ccccc1. The standard InChI is InChI=1S/C23H35NO3/c1-15(2)20-13-12-19(27-23(26)24(16(3)4)17(5)6)14-21(20)22(25)18-10-8-7-9-11-18/h7-11,14-17,20-22,25H,12-13H2,1-6H3/t20-,21+,22+/m1/s1. The second-order valence-corrected chi connectivity index (χ2v) is 8.48. The number of carbonyl (C=O) groups excluding carboxylic acids is 1. The Morgan fingerprint density at radius 2 is 1.67 bits per heavy atom. The van der Waals surface area contributed by atoms with Gasteiger partial charge in [0.25, 0.3) is 0 Å². The van der Waals surface area contributed by atoms with Gasteiger partial charge in [-0.3, -0.25) is 0 Å². The number of allylic oxidation sites excluding steroid dienone is 1. The Labute approximate surface area is 164 Å². The third kappa shape index (κ3) is 5.35. The van der Waals surface area contributed by atoms with Crippen molar-refractivity contribution in [1.82, 2.24) is 4.90 Å². The molecule has 0 fully saturated rings. The Bertz CT molecular complexity index is 628. The van der Waals surface area contributed by atoms with E-state index in [1.165, 1.54) is 0 Å². The molecule has 1 amide bonds. The fourth-order valence-corrected chi connectivity index (χ4v) is 4.17. The summed E-state index contributed by atoms with van der Waals surface area (Å²) in [7, 11) is 0. The van der Waals surface area contributed by atoms with E-state index in [0.29, 0.717) is 17.6 Å². The quantitative estimate of drug-likeness (QED) is 0.712. The summed E-state index contributed by atoms with van der Waals surface area (Å²) in [4.78, 5) is 14.4. The Morgan fingerprint density at radius 3 is 2.19 bits per heavy atom. The van der Waals surface area contributed by atoms with Crippen LogP contribution in [-0.2, 0) is 4.74 Å². The van der Waals surface area contributed by atoms with E-state index in [-0.39, 0.29) is 24.1 Å². The van der Waals surface area contributed by atoms with Crippen molar-refractivity contribution in [2.75, 3.05) is 0 Å². The zero-order valence-electron chi connectivity index (χ0n) is 17.6. The molecule has 0 heterocycles. The average Bonchev–Trinajstić information content (AvgIpc) is 2.60. The van der Waals surface area contributed by atoms with Gasteiger partial charge in [-0.1, -0.05) is 44.2 Å². The van der Waals surface area contributed by atoms with Crippen LogP contribution >= 0.6 is 0 Å². The van der Waals surface area contributed by atoms with Crippen LogP contribution in [0.4, 0.5) is 4.79 Å². The number of hydrogen-bond donors (Lipinski definition) is 1. The molecule has 0 aromatic heterocycles. The minimum Gasteiger partial charge on any atom is -0.415 e. The number of hydrogen-bond acceptors (Lipinski definition) is 3. The molecule has 150 valence electrons. The molecule has 0 saturated heterocycles. The van der Waals surface area contributed by atoms with Crippen molar-refractivity contribution < 1.29 is 14.6 Å². The van der Waals surface area contributed by atoms with E-state index < -0.39 is 6.10 Å². The number of aliphatic hydroxyl groups excluding tert-OH is 1. The first-order valence-corrected chi connectivity index (χ1v) is 10.2. The second-order valence-electron chi connectivity index (χ2n) is 8.48. The molecule has 1 aliphatic rings. The van der Waals surface area contributed by atoms with E-state index in [1.54, 1.807) is 4.90 Å². The second kappa shape index (κ2) is 9.41. The highest BCUT2D eigenvalue weighted by Gasteiger charge is 2.34. The molecule has 1 aromatic rings. The van der Waals surface area contributed by atoms with Crippen molar-refractivity contribution in [3.8, 4) is 0 Å². The first kappa shape index (κ1) is 21.5. The minimum atomic E-state index is -0.598. The van der Waals surface area contributed by atoms with Crippen LogP contribution in [-0.4, -0.2) is 28.2 Å². The Morgan fingerprint density at radius 1 is 1.07 bits per heavy atom. The van der Waals surface area contributed by atoms with Gasteiger partial charge in [-0.2, -0.15) is 0 Å². The fourth-order valence-electron chi connectivity index (χ4n) is 4.17. The van der Waals surface area contributed by atoms with Gasteiger partial charge in [-0.15, -0.1) is 0 Å². The van der Waals surface area contributed by atoms with E-state index >= 15 is 0 Å². The topological polar surface area (TPSA) is 49.8 Å². The molecule has 0 saturated carbocycles. The van der Waals surface area contributed by atoms with Gasteiger partial charge in [0.15, 0.2) is 0 Å². The zero-order chi connectivity index (χ0) is 20.1. The van der Waals surface area contributed by atoms with E-state index in [4.69, 9.17) is 4.74 Å².